The second kappa shape index (κ2) is 6.69. The Morgan fingerprint density at radius 1 is 0.750 bits per heavy atom. The summed E-state index contributed by atoms with van der Waals surface area (Å²) in [7, 11) is -3.42. The molecule has 0 N–H and O–H groups in total. The molecule has 0 radical (unpaired) electrons. The predicted molar refractivity (Wildman–Crippen MR) is 93.5 cm³/mol. The Labute approximate surface area is 139 Å². The number of rotatable bonds is 5. The summed E-state index contributed by atoms with van der Waals surface area (Å²) in [6.45, 7) is 0. The summed E-state index contributed by atoms with van der Waals surface area (Å²) >= 11 is 0. The van der Waals surface area contributed by atoms with Crippen LogP contribution in [0.5, 0.6) is 5.75 Å². The van der Waals surface area contributed by atoms with Gasteiger partial charge in [0.1, 0.15) is 5.75 Å². The molecule has 0 amide bonds. The average Bonchev–Trinajstić information content (AvgIpc) is 2.63. The van der Waals surface area contributed by atoms with E-state index in [9.17, 15) is 14.7 Å². The van der Waals surface area contributed by atoms with E-state index in [-0.39, 0.29) is 5.69 Å². The molecule has 0 saturated heterocycles. The van der Waals surface area contributed by atoms with Gasteiger partial charge in [0.2, 0.25) is 0 Å². The number of nitro benzene ring substituents is 1. The SMILES string of the molecule is O=[N+]([O-])c1ccc(P(=O)(Oc2ccccc2)c2ccccc2)cc1. The lowest BCUT2D eigenvalue weighted by molar-refractivity contribution is -0.384. The van der Waals surface area contributed by atoms with Crippen LogP contribution in [0.15, 0.2) is 84.9 Å². The molecule has 3 aromatic carbocycles. The first-order valence-electron chi connectivity index (χ1n) is 7.25. The van der Waals surface area contributed by atoms with Crippen molar-refractivity contribution in [2.45, 2.75) is 0 Å². The quantitative estimate of drug-likeness (QED) is 0.401. The molecule has 24 heavy (non-hydrogen) atoms. The molecule has 0 heterocycles. The minimum Gasteiger partial charge on any atom is -0.437 e. The van der Waals surface area contributed by atoms with Crippen LogP contribution < -0.4 is 15.1 Å². The molecule has 0 spiro atoms. The molecule has 0 aliphatic carbocycles. The Bertz CT molecular complexity index is 880. The molecule has 5 nitrogen and oxygen atoms in total. The fourth-order valence-corrected chi connectivity index (χ4v) is 4.31. The van der Waals surface area contributed by atoms with Crippen molar-refractivity contribution < 1.29 is 14.0 Å². The van der Waals surface area contributed by atoms with E-state index in [1.807, 2.05) is 12.1 Å². The third kappa shape index (κ3) is 3.21. The predicted octanol–water partition coefficient (Wildman–Crippen LogP) is 3.90. The van der Waals surface area contributed by atoms with Crippen molar-refractivity contribution in [2.24, 2.45) is 0 Å². The topological polar surface area (TPSA) is 69.4 Å². The van der Waals surface area contributed by atoms with Crippen LogP contribution in [0.25, 0.3) is 0 Å². The van der Waals surface area contributed by atoms with Gasteiger partial charge in [-0.05, 0) is 36.4 Å². The van der Waals surface area contributed by atoms with Crippen molar-refractivity contribution in [1.29, 1.82) is 0 Å². The second-order valence-electron chi connectivity index (χ2n) is 5.06. The van der Waals surface area contributed by atoms with E-state index in [0.29, 0.717) is 16.4 Å². The summed E-state index contributed by atoms with van der Waals surface area (Å²) in [6.07, 6.45) is 0. The number of hydrogen-bond donors (Lipinski definition) is 0. The molecule has 3 rings (SSSR count). The summed E-state index contributed by atoms with van der Waals surface area (Å²) in [6, 6.07) is 23.3. The van der Waals surface area contributed by atoms with Crippen LogP contribution in [0.2, 0.25) is 0 Å². The summed E-state index contributed by atoms with van der Waals surface area (Å²) in [4.78, 5) is 10.3. The molecule has 0 bridgehead atoms. The molecule has 1 atom stereocenters. The van der Waals surface area contributed by atoms with Crippen molar-refractivity contribution in [3.05, 3.63) is 95.0 Å². The van der Waals surface area contributed by atoms with Gasteiger partial charge in [-0.3, -0.25) is 14.7 Å². The molecular formula is C18H14NO4P. The number of non-ortho nitro benzene ring substituents is 1. The molecule has 0 aromatic heterocycles. The number of hydrogen-bond acceptors (Lipinski definition) is 4. The first kappa shape index (κ1) is 16.0. The average molecular weight is 339 g/mol. The highest BCUT2D eigenvalue weighted by Gasteiger charge is 2.30. The fraction of sp³-hybridized carbons (Fsp3) is 0. The minimum atomic E-state index is -3.42. The molecule has 120 valence electrons. The minimum absolute atomic E-state index is 0.0573. The van der Waals surface area contributed by atoms with Gasteiger partial charge in [0.05, 0.1) is 15.5 Å². The number of para-hydroxylation sites is 1. The maximum atomic E-state index is 13.7. The molecule has 0 fully saturated rings. The van der Waals surface area contributed by atoms with Crippen LogP contribution in [0.1, 0.15) is 0 Å². The lowest BCUT2D eigenvalue weighted by atomic mass is 10.3. The summed E-state index contributed by atoms with van der Waals surface area (Å²) < 4.78 is 19.5. The zero-order chi connectivity index (χ0) is 17.0. The molecule has 0 saturated carbocycles. The highest BCUT2D eigenvalue weighted by atomic mass is 31.2. The first-order chi connectivity index (χ1) is 11.6. The number of nitro groups is 1. The van der Waals surface area contributed by atoms with E-state index in [1.165, 1.54) is 24.3 Å². The molecule has 0 aliphatic rings. The van der Waals surface area contributed by atoms with Gasteiger partial charge in [-0.2, -0.15) is 0 Å². The van der Waals surface area contributed by atoms with Gasteiger partial charge in [0.25, 0.3) is 5.69 Å². The Kier molecular flexibility index (Phi) is 4.45. The number of nitrogens with zero attached hydrogens (tertiary/aromatic N) is 1. The normalized spacial score (nSPS) is 13.0. The fourth-order valence-electron chi connectivity index (χ4n) is 2.28. The van der Waals surface area contributed by atoms with Gasteiger partial charge >= 0.3 is 7.37 Å². The zero-order valence-corrected chi connectivity index (χ0v) is 13.5. The lowest BCUT2D eigenvalue weighted by Crippen LogP contribution is -2.20. The van der Waals surface area contributed by atoms with Crippen LogP contribution in [0.4, 0.5) is 5.69 Å². The van der Waals surface area contributed by atoms with E-state index >= 15 is 0 Å². The Morgan fingerprint density at radius 3 is 1.79 bits per heavy atom. The van der Waals surface area contributed by atoms with Crippen LogP contribution in [0.3, 0.4) is 0 Å². The monoisotopic (exact) mass is 339 g/mol. The number of benzene rings is 3. The van der Waals surface area contributed by atoms with Gasteiger partial charge in [-0.15, -0.1) is 0 Å². The van der Waals surface area contributed by atoms with Crippen LogP contribution in [-0.2, 0) is 4.57 Å². The lowest BCUT2D eigenvalue weighted by Gasteiger charge is -2.20. The smallest absolute Gasteiger partial charge is 0.306 e. The zero-order valence-electron chi connectivity index (χ0n) is 12.6. The van der Waals surface area contributed by atoms with Gasteiger partial charge in [0.15, 0.2) is 0 Å². The van der Waals surface area contributed by atoms with Gasteiger partial charge < -0.3 is 4.52 Å². The standard InChI is InChI=1S/C18H14NO4P/c20-19(21)15-11-13-18(14-12-15)24(22,17-9-5-2-6-10-17)23-16-7-3-1-4-8-16/h1-14H. The molecule has 3 aromatic rings. The third-order valence-electron chi connectivity index (χ3n) is 3.47. The second-order valence-corrected chi connectivity index (χ2v) is 7.38. The molecule has 6 heteroatoms. The summed E-state index contributed by atoms with van der Waals surface area (Å²) in [5.41, 5.74) is -0.0573. The molecular weight excluding hydrogens is 325 g/mol. The highest BCUT2D eigenvalue weighted by Crippen LogP contribution is 2.45. The Morgan fingerprint density at radius 2 is 1.25 bits per heavy atom. The van der Waals surface area contributed by atoms with Gasteiger partial charge in [-0.25, -0.2) is 0 Å². The molecule has 0 aliphatic heterocycles. The maximum Gasteiger partial charge on any atom is 0.306 e. The maximum absolute atomic E-state index is 13.7. The van der Waals surface area contributed by atoms with Crippen molar-refractivity contribution in [1.82, 2.24) is 0 Å². The van der Waals surface area contributed by atoms with Crippen molar-refractivity contribution >= 4 is 23.7 Å². The van der Waals surface area contributed by atoms with E-state index in [0.717, 1.165) is 0 Å². The first-order valence-corrected chi connectivity index (χ1v) is 8.87. The van der Waals surface area contributed by atoms with Crippen LogP contribution >= 0.6 is 7.37 Å². The largest absolute Gasteiger partial charge is 0.437 e. The van der Waals surface area contributed by atoms with Crippen molar-refractivity contribution in [3.63, 3.8) is 0 Å². The van der Waals surface area contributed by atoms with Gasteiger partial charge in [0, 0.05) is 12.1 Å². The third-order valence-corrected chi connectivity index (χ3v) is 5.90. The highest BCUT2D eigenvalue weighted by molar-refractivity contribution is 7.74. The molecule has 1 unspecified atom stereocenters. The van der Waals surface area contributed by atoms with Crippen molar-refractivity contribution in [3.8, 4) is 5.75 Å². The van der Waals surface area contributed by atoms with E-state index in [1.54, 1.807) is 48.5 Å². The van der Waals surface area contributed by atoms with Crippen molar-refractivity contribution in [2.75, 3.05) is 0 Å². The van der Waals surface area contributed by atoms with Gasteiger partial charge in [-0.1, -0.05) is 36.4 Å². The van der Waals surface area contributed by atoms with E-state index < -0.39 is 12.3 Å². The Hall–Kier alpha value is -2.91. The Balaban J connectivity index is 2.08. The summed E-state index contributed by atoms with van der Waals surface area (Å²) in [5.74, 6) is 0.475. The van der Waals surface area contributed by atoms with E-state index in [2.05, 4.69) is 0 Å². The van der Waals surface area contributed by atoms with Crippen LogP contribution in [0, 0.1) is 10.1 Å². The summed E-state index contributed by atoms with van der Waals surface area (Å²) in [5, 5.41) is 11.8. The van der Waals surface area contributed by atoms with E-state index in [4.69, 9.17) is 4.52 Å². The van der Waals surface area contributed by atoms with Crippen LogP contribution in [-0.4, -0.2) is 4.92 Å².